The number of rotatable bonds is 12. The van der Waals surface area contributed by atoms with Gasteiger partial charge in [-0.15, -0.1) is 0 Å². The zero-order valence-corrected chi connectivity index (χ0v) is 25.6. The number of halogens is 1. The Morgan fingerprint density at radius 2 is 1.07 bits per heavy atom. The van der Waals surface area contributed by atoms with E-state index in [1.165, 1.54) is 55.7 Å². The highest BCUT2D eigenvalue weighted by molar-refractivity contribution is 14.1. The van der Waals surface area contributed by atoms with Crippen LogP contribution in [0, 0.1) is 17.4 Å². The van der Waals surface area contributed by atoms with Crippen molar-refractivity contribution < 1.29 is 37.9 Å². The Morgan fingerprint density at radius 1 is 0.651 bits per heavy atom. The SMILES string of the molecule is C.C.COCOc1cc2nc(C)c(I)c(=O)n2cc1OCOC.COCOc1cc2nc(C)cc(=O)n2cc1OCOC. The monoisotopic (exact) mass is 718 g/mol. The van der Waals surface area contributed by atoms with E-state index >= 15 is 0 Å². The standard InChI is InChI=1S/C13H15IN2O5.C13H16N2O5.2CH4/c1-8-12(14)13(17)16-5-10(21-7-19-3)9(20-6-18-2)4-11(16)15-8;1-9-4-13(16)15-6-11(20-8-18-3)10(19-7-17-2)5-12(15)14-9;;/h4-5H,6-7H2,1-3H3;4-6H,7-8H2,1-3H3;2*1H4. The molecule has 0 saturated carbocycles. The predicted octanol–water partition coefficient (Wildman–Crippen LogP) is 3.81. The summed E-state index contributed by atoms with van der Waals surface area (Å²) < 4.78 is 44.5. The van der Waals surface area contributed by atoms with E-state index in [0.29, 0.717) is 49.3 Å². The molecule has 43 heavy (non-hydrogen) atoms. The molecule has 0 amide bonds. The maximum Gasteiger partial charge on any atom is 0.271 e. The van der Waals surface area contributed by atoms with Crippen molar-refractivity contribution in [1.29, 1.82) is 0 Å². The number of hydrogen-bond acceptors (Lipinski definition) is 12. The zero-order chi connectivity index (χ0) is 29.9. The van der Waals surface area contributed by atoms with Crippen LogP contribution in [0.25, 0.3) is 11.3 Å². The van der Waals surface area contributed by atoms with Crippen LogP contribution in [0.3, 0.4) is 0 Å². The molecule has 0 aliphatic carbocycles. The van der Waals surface area contributed by atoms with Crippen LogP contribution in [0.15, 0.2) is 40.2 Å². The highest BCUT2D eigenvalue weighted by Crippen LogP contribution is 2.29. The number of pyridine rings is 2. The average molecular weight is 719 g/mol. The molecule has 4 aromatic rings. The lowest BCUT2D eigenvalue weighted by atomic mass is 10.3. The van der Waals surface area contributed by atoms with Gasteiger partial charge in [-0.2, -0.15) is 0 Å². The Bertz CT molecular complexity index is 1590. The molecular weight excluding hydrogens is 679 g/mol. The molecule has 0 aromatic carbocycles. The van der Waals surface area contributed by atoms with Gasteiger partial charge in [0.2, 0.25) is 0 Å². The maximum atomic E-state index is 12.3. The molecule has 4 aromatic heterocycles. The first kappa shape index (κ1) is 37.5. The van der Waals surface area contributed by atoms with Gasteiger partial charge >= 0.3 is 0 Å². The topological polar surface area (TPSA) is 143 Å². The first-order chi connectivity index (χ1) is 19.7. The van der Waals surface area contributed by atoms with Gasteiger partial charge in [0.05, 0.1) is 18.1 Å². The van der Waals surface area contributed by atoms with Crippen molar-refractivity contribution in [2.24, 2.45) is 0 Å². The minimum absolute atomic E-state index is 0. The summed E-state index contributed by atoms with van der Waals surface area (Å²) in [6.45, 7) is 3.76. The largest absolute Gasteiger partial charge is 0.463 e. The van der Waals surface area contributed by atoms with Crippen molar-refractivity contribution in [3.05, 3.63) is 66.3 Å². The second-order valence-electron chi connectivity index (χ2n) is 8.22. The molecule has 0 spiro atoms. The van der Waals surface area contributed by atoms with Crippen LogP contribution >= 0.6 is 22.6 Å². The molecule has 0 fully saturated rings. The fourth-order valence-electron chi connectivity index (χ4n) is 3.40. The molecule has 0 atom stereocenters. The van der Waals surface area contributed by atoms with Crippen molar-refractivity contribution in [2.75, 3.05) is 55.6 Å². The lowest BCUT2D eigenvalue weighted by Gasteiger charge is -2.13. The van der Waals surface area contributed by atoms with Gasteiger partial charge in [0.15, 0.2) is 50.2 Å². The molecule has 238 valence electrons. The summed E-state index contributed by atoms with van der Waals surface area (Å²) in [7, 11) is 6.06. The van der Waals surface area contributed by atoms with Crippen LogP contribution in [-0.4, -0.2) is 74.4 Å². The van der Waals surface area contributed by atoms with Crippen LogP contribution in [-0.2, 0) is 18.9 Å². The van der Waals surface area contributed by atoms with Crippen molar-refractivity contribution in [3.63, 3.8) is 0 Å². The third-order valence-corrected chi connectivity index (χ3v) is 6.43. The van der Waals surface area contributed by atoms with Crippen molar-refractivity contribution >= 4 is 33.9 Å². The van der Waals surface area contributed by atoms with Gasteiger partial charge in [-0.1, -0.05) is 14.9 Å². The van der Waals surface area contributed by atoms with E-state index in [1.807, 2.05) is 22.6 Å². The number of methoxy groups -OCH3 is 4. The summed E-state index contributed by atoms with van der Waals surface area (Å²) in [4.78, 5) is 32.8. The summed E-state index contributed by atoms with van der Waals surface area (Å²) in [6.07, 6.45) is 3.06. The Labute approximate surface area is 263 Å². The third-order valence-electron chi connectivity index (χ3n) is 5.19. The fourth-order valence-corrected chi connectivity index (χ4v) is 3.78. The van der Waals surface area contributed by atoms with Crippen LogP contribution in [0.4, 0.5) is 0 Å². The smallest absolute Gasteiger partial charge is 0.271 e. The Balaban J connectivity index is 0.000000411. The molecule has 14 nitrogen and oxygen atoms in total. The highest BCUT2D eigenvalue weighted by Gasteiger charge is 2.14. The first-order valence-corrected chi connectivity index (χ1v) is 13.0. The summed E-state index contributed by atoms with van der Waals surface area (Å²) in [5, 5.41) is 0. The zero-order valence-electron chi connectivity index (χ0n) is 23.5. The van der Waals surface area contributed by atoms with Gasteiger partial charge < -0.3 is 37.9 Å². The number of fused-ring (bicyclic) bond motifs is 2. The van der Waals surface area contributed by atoms with Crippen molar-refractivity contribution in [1.82, 2.24) is 18.8 Å². The highest BCUT2D eigenvalue weighted by atomic mass is 127. The second kappa shape index (κ2) is 18.2. The second-order valence-corrected chi connectivity index (χ2v) is 9.29. The van der Waals surface area contributed by atoms with E-state index in [2.05, 4.69) is 9.97 Å². The number of aryl methyl sites for hydroxylation is 2. The van der Waals surface area contributed by atoms with E-state index in [-0.39, 0.29) is 53.1 Å². The van der Waals surface area contributed by atoms with Gasteiger partial charge in [0.25, 0.3) is 11.1 Å². The molecule has 0 unspecified atom stereocenters. The Morgan fingerprint density at radius 3 is 1.53 bits per heavy atom. The molecule has 15 heteroatoms. The average Bonchev–Trinajstić information content (AvgIpc) is 2.96. The van der Waals surface area contributed by atoms with E-state index in [4.69, 9.17) is 37.9 Å². The predicted molar refractivity (Wildman–Crippen MR) is 169 cm³/mol. The Hall–Kier alpha value is -3.51. The lowest BCUT2D eigenvalue weighted by Crippen LogP contribution is -2.20. The van der Waals surface area contributed by atoms with Gasteiger partial charge in [0.1, 0.15) is 14.9 Å². The van der Waals surface area contributed by atoms with Crippen molar-refractivity contribution in [2.45, 2.75) is 28.7 Å². The van der Waals surface area contributed by atoms with E-state index in [9.17, 15) is 9.59 Å². The van der Waals surface area contributed by atoms with E-state index < -0.39 is 0 Å². The molecular formula is C28H39IN4O10. The van der Waals surface area contributed by atoms with Crippen LogP contribution in [0.1, 0.15) is 26.2 Å². The Kier molecular flexibility index (Phi) is 15.9. The molecule has 0 aliphatic heterocycles. The lowest BCUT2D eigenvalue weighted by molar-refractivity contribution is 0.0320. The summed E-state index contributed by atoms with van der Waals surface area (Å²) in [5.74, 6) is 1.62. The number of nitrogens with zero attached hydrogens (tertiary/aromatic N) is 4. The van der Waals surface area contributed by atoms with Crippen LogP contribution in [0.2, 0.25) is 0 Å². The quantitative estimate of drug-likeness (QED) is 0.155. The molecule has 0 aliphatic rings. The van der Waals surface area contributed by atoms with Crippen LogP contribution in [0.5, 0.6) is 23.0 Å². The van der Waals surface area contributed by atoms with Crippen LogP contribution < -0.4 is 30.1 Å². The first-order valence-electron chi connectivity index (χ1n) is 12.0. The maximum absolute atomic E-state index is 12.3. The summed E-state index contributed by atoms with van der Waals surface area (Å²) in [5.41, 5.74) is 1.92. The van der Waals surface area contributed by atoms with Gasteiger partial charge in [-0.25, -0.2) is 9.97 Å². The molecule has 0 radical (unpaired) electrons. The van der Waals surface area contributed by atoms with Gasteiger partial charge in [-0.3, -0.25) is 18.4 Å². The molecule has 0 saturated heterocycles. The van der Waals surface area contributed by atoms with E-state index in [1.54, 1.807) is 26.0 Å². The minimum atomic E-state index is -0.187. The summed E-state index contributed by atoms with van der Waals surface area (Å²) >= 11 is 1.98. The molecule has 0 N–H and O–H groups in total. The van der Waals surface area contributed by atoms with Crippen molar-refractivity contribution in [3.8, 4) is 23.0 Å². The third kappa shape index (κ3) is 9.75. The van der Waals surface area contributed by atoms with Gasteiger partial charge in [-0.05, 0) is 36.4 Å². The molecule has 4 rings (SSSR count). The summed E-state index contributed by atoms with van der Waals surface area (Å²) in [6, 6.07) is 4.70. The number of hydrogen-bond donors (Lipinski definition) is 0. The minimum Gasteiger partial charge on any atom is -0.463 e. The number of ether oxygens (including phenoxy) is 8. The fraction of sp³-hybridized carbons (Fsp3) is 0.429. The molecule has 4 heterocycles. The number of aromatic nitrogens is 4. The van der Waals surface area contributed by atoms with Gasteiger partial charge in [0, 0.05) is 52.3 Å². The van der Waals surface area contributed by atoms with E-state index in [0.717, 1.165) is 0 Å². The normalized spacial score (nSPS) is 10.3. The molecule has 0 bridgehead atoms.